The summed E-state index contributed by atoms with van der Waals surface area (Å²) in [5, 5.41) is 3.38. The molecular weight excluding hydrogens is 196 g/mol. The molecule has 0 radical (unpaired) electrons. The SMILES string of the molecule is CNC1CCN(c2c(C)cccc2C)CC1. The van der Waals surface area contributed by atoms with E-state index in [2.05, 4.69) is 49.3 Å². The summed E-state index contributed by atoms with van der Waals surface area (Å²) in [7, 11) is 2.07. The van der Waals surface area contributed by atoms with Crippen molar-refractivity contribution < 1.29 is 0 Å². The zero-order valence-electron chi connectivity index (χ0n) is 10.6. The molecule has 0 aliphatic carbocycles. The van der Waals surface area contributed by atoms with Crippen molar-refractivity contribution in [2.45, 2.75) is 32.7 Å². The molecule has 1 aromatic rings. The van der Waals surface area contributed by atoms with Crippen molar-refractivity contribution in [2.75, 3.05) is 25.0 Å². The molecule has 1 aliphatic rings. The van der Waals surface area contributed by atoms with Crippen LogP contribution in [0, 0.1) is 13.8 Å². The Morgan fingerprint density at radius 3 is 2.19 bits per heavy atom. The Morgan fingerprint density at radius 2 is 1.69 bits per heavy atom. The monoisotopic (exact) mass is 218 g/mol. The summed E-state index contributed by atoms with van der Waals surface area (Å²) in [5.74, 6) is 0. The van der Waals surface area contributed by atoms with Gasteiger partial charge in [0.2, 0.25) is 0 Å². The van der Waals surface area contributed by atoms with Crippen LogP contribution in [0.15, 0.2) is 18.2 Å². The molecule has 0 atom stereocenters. The minimum absolute atomic E-state index is 0.709. The lowest BCUT2D eigenvalue weighted by Crippen LogP contribution is -2.41. The van der Waals surface area contributed by atoms with Crippen LogP contribution in [-0.4, -0.2) is 26.2 Å². The zero-order valence-corrected chi connectivity index (χ0v) is 10.6. The first-order valence-corrected chi connectivity index (χ1v) is 6.21. The summed E-state index contributed by atoms with van der Waals surface area (Å²) in [4.78, 5) is 2.54. The third-order valence-corrected chi connectivity index (χ3v) is 3.66. The number of hydrogen-bond acceptors (Lipinski definition) is 2. The van der Waals surface area contributed by atoms with Gasteiger partial charge in [0.15, 0.2) is 0 Å². The topological polar surface area (TPSA) is 15.3 Å². The van der Waals surface area contributed by atoms with Crippen LogP contribution >= 0.6 is 0 Å². The summed E-state index contributed by atoms with van der Waals surface area (Å²) in [6, 6.07) is 7.29. The number of rotatable bonds is 2. The third-order valence-electron chi connectivity index (χ3n) is 3.66. The van der Waals surface area contributed by atoms with E-state index in [0.717, 1.165) is 0 Å². The van der Waals surface area contributed by atoms with Crippen LogP contribution in [0.1, 0.15) is 24.0 Å². The maximum absolute atomic E-state index is 3.38. The Balaban J connectivity index is 2.14. The number of nitrogens with one attached hydrogen (secondary N) is 1. The molecule has 0 aromatic heterocycles. The Morgan fingerprint density at radius 1 is 1.12 bits per heavy atom. The average Bonchev–Trinajstić information content (AvgIpc) is 2.30. The average molecular weight is 218 g/mol. The maximum atomic E-state index is 3.38. The molecule has 2 heteroatoms. The fourth-order valence-electron chi connectivity index (χ4n) is 2.70. The molecule has 0 saturated carbocycles. The second kappa shape index (κ2) is 4.88. The van der Waals surface area contributed by atoms with Crippen molar-refractivity contribution >= 4 is 5.69 Å². The predicted octanol–water partition coefficient (Wildman–Crippen LogP) is 2.49. The largest absolute Gasteiger partial charge is 0.371 e. The van der Waals surface area contributed by atoms with Gasteiger partial charge in [-0.2, -0.15) is 0 Å². The summed E-state index contributed by atoms with van der Waals surface area (Å²) >= 11 is 0. The Hall–Kier alpha value is -1.02. The first-order valence-electron chi connectivity index (χ1n) is 6.21. The molecule has 1 aliphatic heterocycles. The quantitative estimate of drug-likeness (QED) is 0.820. The van der Waals surface area contributed by atoms with Crippen LogP contribution in [0.3, 0.4) is 0 Å². The van der Waals surface area contributed by atoms with Crippen molar-refractivity contribution in [1.29, 1.82) is 0 Å². The van der Waals surface area contributed by atoms with Gasteiger partial charge in [-0.3, -0.25) is 0 Å². The van der Waals surface area contributed by atoms with Crippen LogP contribution in [0.2, 0.25) is 0 Å². The van der Waals surface area contributed by atoms with E-state index in [-0.39, 0.29) is 0 Å². The summed E-state index contributed by atoms with van der Waals surface area (Å²) < 4.78 is 0. The Labute approximate surface area is 98.7 Å². The van der Waals surface area contributed by atoms with Crippen LogP contribution in [-0.2, 0) is 0 Å². The van der Waals surface area contributed by atoms with Gasteiger partial charge >= 0.3 is 0 Å². The lowest BCUT2D eigenvalue weighted by molar-refractivity contribution is 0.442. The molecule has 0 amide bonds. The number of anilines is 1. The number of hydrogen-bond donors (Lipinski definition) is 1. The molecular formula is C14H22N2. The fraction of sp³-hybridized carbons (Fsp3) is 0.571. The summed E-state index contributed by atoms with van der Waals surface area (Å²) in [5.41, 5.74) is 4.27. The van der Waals surface area contributed by atoms with E-state index in [1.165, 1.54) is 42.7 Å². The number of piperidine rings is 1. The molecule has 2 rings (SSSR count). The number of benzene rings is 1. The first-order chi connectivity index (χ1) is 7.72. The minimum atomic E-state index is 0.709. The van der Waals surface area contributed by atoms with Crippen LogP contribution < -0.4 is 10.2 Å². The normalized spacial score (nSPS) is 17.8. The Kier molecular flexibility index (Phi) is 3.49. The van der Waals surface area contributed by atoms with E-state index in [0.29, 0.717) is 6.04 Å². The maximum Gasteiger partial charge on any atom is 0.0425 e. The van der Waals surface area contributed by atoms with Crippen molar-refractivity contribution in [3.05, 3.63) is 29.3 Å². The standard InChI is InChI=1S/C14H22N2/c1-11-5-4-6-12(2)14(11)16-9-7-13(15-3)8-10-16/h4-6,13,15H,7-10H2,1-3H3. The van der Waals surface area contributed by atoms with E-state index >= 15 is 0 Å². The van der Waals surface area contributed by atoms with Crippen LogP contribution in [0.4, 0.5) is 5.69 Å². The van der Waals surface area contributed by atoms with E-state index in [9.17, 15) is 0 Å². The third kappa shape index (κ3) is 2.22. The molecule has 2 nitrogen and oxygen atoms in total. The van der Waals surface area contributed by atoms with Crippen molar-refractivity contribution in [3.8, 4) is 0 Å². The van der Waals surface area contributed by atoms with Gasteiger partial charge in [-0.05, 0) is 44.9 Å². The van der Waals surface area contributed by atoms with E-state index in [4.69, 9.17) is 0 Å². The zero-order chi connectivity index (χ0) is 11.5. The molecule has 1 heterocycles. The van der Waals surface area contributed by atoms with Gasteiger partial charge in [0.1, 0.15) is 0 Å². The smallest absolute Gasteiger partial charge is 0.0425 e. The second-order valence-corrected chi connectivity index (χ2v) is 4.79. The van der Waals surface area contributed by atoms with E-state index in [1.54, 1.807) is 0 Å². The lowest BCUT2D eigenvalue weighted by Gasteiger charge is -2.35. The van der Waals surface area contributed by atoms with Gasteiger partial charge in [-0.25, -0.2) is 0 Å². The lowest BCUT2D eigenvalue weighted by atomic mass is 10.0. The van der Waals surface area contributed by atoms with Gasteiger partial charge in [0.05, 0.1) is 0 Å². The van der Waals surface area contributed by atoms with Gasteiger partial charge in [0.25, 0.3) is 0 Å². The highest BCUT2D eigenvalue weighted by atomic mass is 15.1. The minimum Gasteiger partial charge on any atom is -0.371 e. The Bertz CT molecular complexity index is 332. The summed E-state index contributed by atoms with van der Waals surface area (Å²) in [6.07, 6.45) is 2.51. The highest BCUT2D eigenvalue weighted by molar-refractivity contribution is 5.59. The van der Waals surface area contributed by atoms with Gasteiger partial charge in [-0.15, -0.1) is 0 Å². The highest BCUT2D eigenvalue weighted by Gasteiger charge is 2.19. The molecule has 1 N–H and O–H groups in total. The van der Waals surface area contributed by atoms with Crippen LogP contribution in [0.25, 0.3) is 0 Å². The first kappa shape index (κ1) is 11.5. The van der Waals surface area contributed by atoms with Gasteiger partial charge in [0, 0.05) is 24.8 Å². The molecule has 1 fully saturated rings. The van der Waals surface area contributed by atoms with Crippen LogP contribution in [0.5, 0.6) is 0 Å². The molecule has 1 saturated heterocycles. The molecule has 0 bridgehead atoms. The van der Waals surface area contributed by atoms with Crippen molar-refractivity contribution in [1.82, 2.24) is 5.32 Å². The van der Waals surface area contributed by atoms with Gasteiger partial charge in [-0.1, -0.05) is 18.2 Å². The second-order valence-electron chi connectivity index (χ2n) is 4.79. The molecule has 1 aromatic carbocycles. The van der Waals surface area contributed by atoms with Crippen molar-refractivity contribution in [3.63, 3.8) is 0 Å². The highest BCUT2D eigenvalue weighted by Crippen LogP contribution is 2.27. The fourth-order valence-corrected chi connectivity index (χ4v) is 2.70. The molecule has 0 spiro atoms. The summed E-state index contributed by atoms with van der Waals surface area (Å²) in [6.45, 7) is 6.79. The molecule has 16 heavy (non-hydrogen) atoms. The number of para-hydroxylation sites is 1. The van der Waals surface area contributed by atoms with Gasteiger partial charge < -0.3 is 10.2 Å². The number of aryl methyl sites for hydroxylation is 2. The molecule has 88 valence electrons. The predicted molar refractivity (Wildman–Crippen MR) is 70.2 cm³/mol. The molecule has 0 unspecified atom stereocenters. The number of nitrogens with zero attached hydrogens (tertiary/aromatic N) is 1. The van der Waals surface area contributed by atoms with Crippen molar-refractivity contribution in [2.24, 2.45) is 0 Å². The van der Waals surface area contributed by atoms with E-state index in [1.807, 2.05) is 0 Å². The van der Waals surface area contributed by atoms with E-state index < -0.39 is 0 Å².